The maximum Gasteiger partial charge on any atom is 0.253 e. The molecule has 0 spiro atoms. The zero-order valence-electron chi connectivity index (χ0n) is 13.2. The molecule has 2 heteroatoms. The van der Waals surface area contributed by atoms with Gasteiger partial charge in [0.2, 0.25) is 0 Å². The second kappa shape index (κ2) is 5.77. The van der Waals surface area contributed by atoms with E-state index in [1.54, 1.807) is 0 Å². The lowest BCUT2D eigenvalue weighted by molar-refractivity contribution is 0.108. The Labute approximate surface area is 145 Å². The van der Waals surface area contributed by atoms with Crippen molar-refractivity contribution < 1.29 is 4.79 Å². The van der Waals surface area contributed by atoms with Gasteiger partial charge in [-0.2, -0.15) is 0 Å². The van der Waals surface area contributed by atoms with E-state index in [0.29, 0.717) is 5.56 Å². The summed E-state index contributed by atoms with van der Waals surface area (Å²) in [5.74, 6) is 0. The highest BCUT2D eigenvalue weighted by molar-refractivity contribution is 6.68. The molecule has 24 heavy (non-hydrogen) atoms. The Hall–Kier alpha value is -2.64. The van der Waals surface area contributed by atoms with Crippen molar-refractivity contribution in [3.05, 3.63) is 83.9 Å². The zero-order valence-corrected chi connectivity index (χ0v) is 14.0. The van der Waals surface area contributed by atoms with Gasteiger partial charge in [-0.15, -0.1) is 0 Å². The van der Waals surface area contributed by atoms with Crippen molar-refractivity contribution >= 4 is 38.4 Å². The molecule has 0 amide bonds. The van der Waals surface area contributed by atoms with Crippen molar-refractivity contribution in [2.75, 3.05) is 0 Å². The van der Waals surface area contributed by atoms with E-state index in [1.165, 1.54) is 5.39 Å². The minimum absolute atomic E-state index is 0.427. The van der Waals surface area contributed by atoms with E-state index in [2.05, 4.69) is 43.3 Å². The van der Waals surface area contributed by atoms with Crippen LogP contribution in [0.3, 0.4) is 0 Å². The molecule has 1 nitrogen and oxygen atoms in total. The molecular weight excluding hydrogens is 316 g/mol. The Morgan fingerprint density at radius 1 is 0.708 bits per heavy atom. The van der Waals surface area contributed by atoms with Crippen molar-refractivity contribution in [2.24, 2.45) is 0 Å². The van der Waals surface area contributed by atoms with Gasteiger partial charge in [0, 0.05) is 5.56 Å². The van der Waals surface area contributed by atoms with Gasteiger partial charge in [0.15, 0.2) is 0 Å². The molecule has 0 atom stereocenters. The van der Waals surface area contributed by atoms with Crippen LogP contribution >= 0.6 is 11.6 Å². The Bertz CT molecular complexity index is 1100. The average Bonchev–Trinajstić information content (AvgIpc) is 2.60. The predicted octanol–water partition coefficient (Wildman–Crippen LogP) is 6.35. The van der Waals surface area contributed by atoms with E-state index < -0.39 is 5.24 Å². The number of carbonyl (C=O) groups is 1. The SMILES string of the molecule is Cc1cc2ccccc2cc1-c1cc2ccccc2cc1C(=O)Cl. The fourth-order valence-corrected chi connectivity index (χ4v) is 3.43. The first-order valence-electron chi connectivity index (χ1n) is 7.86. The van der Waals surface area contributed by atoms with Crippen LogP contribution in [0.15, 0.2) is 72.8 Å². The van der Waals surface area contributed by atoms with Gasteiger partial charge in [0.1, 0.15) is 0 Å². The van der Waals surface area contributed by atoms with Crippen LogP contribution in [-0.4, -0.2) is 5.24 Å². The second-order valence-corrected chi connectivity index (χ2v) is 6.38. The molecule has 116 valence electrons. The first-order chi connectivity index (χ1) is 11.6. The van der Waals surface area contributed by atoms with Crippen LogP contribution in [0.5, 0.6) is 0 Å². The Kier molecular flexibility index (Phi) is 3.59. The molecule has 0 saturated carbocycles. The van der Waals surface area contributed by atoms with Crippen molar-refractivity contribution in [1.29, 1.82) is 0 Å². The minimum Gasteiger partial charge on any atom is -0.276 e. The quantitative estimate of drug-likeness (QED) is 0.391. The summed E-state index contributed by atoms with van der Waals surface area (Å²) in [5, 5.41) is 4.03. The molecule has 0 saturated heterocycles. The van der Waals surface area contributed by atoms with Crippen LogP contribution < -0.4 is 0 Å². The third-order valence-corrected chi connectivity index (χ3v) is 4.68. The van der Waals surface area contributed by atoms with Crippen molar-refractivity contribution in [3.8, 4) is 11.1 Å². The molecule has 0 N–H and O–H groups in total. The molecule has 4 aromatic rings. The molecule has 0 unspecified atom stereocenters. The van der Waals surface area contributed by atoms with Crippen molar-refractivity contribution in [2.45, 2.75) is 6.92 Å². The van der Waals surface area contributed by atoms with Crippen LogP contribution in [-0.2, 0) is 0 Å². The maximum absolute atomic E-state index is 12.0. The van der Waals surface area contributed by atoms with Crippen LogP contribution in [0.25, 0.3) is 32.7 Å². The summed E-state index contributed by atoms with van der Waals surface area (Å²) >= 11 is 5.89. The normalized spacial score (nSPS) is 11.1. The van der Waals surface area contributed by atoms with E-state index in [0.717, 1.165) is 32.8 Å². The molecule has 0 aromatic heterocycles. The van der Waals surface area contributed by atoms with E-state index in [4.69, 9.17) is 11.6 Å². The molecule has 0 heterocycles. The largest absolute Gasteiger partial charge is 0.276 e. The van der Waals surface area contributed by atoms with E-state index in [1.807, 2.05) is 36.4 Å². The Morgan fingerprint density at radius 2 is 1.17 bits per heavy atom. The molecule has 0 aliphatic rings. The van der Waals surface area contributed by atoms with Crippen molar-refractivity contribution in [1.82, 2.24) is 0 Å². The fraction of sp³-hybridized carbons (Fsp3) is 0.0455. The third kappa shape index (κ3) is 2.47. The van der Waals surface area contributed by atoms with E-state index in [-0.39, 0.29) is 0 Å². The lowest BCUT2D eigenvalue weighted by Gasteiger charge is -2.13. The third-order valence-electron chi connectivity index (χ3n) is 4.48. The highest BCUT2D eigenvalue weighted by Crippen LogP contribution is 2.34. The van der Waals surface area contributed by atoms with Crippen LogP contribution in [0.4, 0.5) is 0 Å². The lowest BCUT2D eigenvalue weighted by atomic mass is 9.91. The topological polar surface area (TPSA) is 17.1 Å². The van der Waals surface area contributed by atoms with Gasteiger partial charge in [-0.1, -0.05) is 54.6 Å². The molecular formula is C22H15ClO. The number of hydrogen-bond acceptors (Lipinski definition) is 1. The number of fused-ring (bicyclic) bond motifs is 2. The van der Waals surface area contributed by atoms with Crippen LogP contribution in [0.2, 0.25) is 0 Å². The molecule has 4 aromatic carbocycles. The number of halogens is 1. The summed E-state index contributed by atoms with van der Waals surface area (Å²) in [5.41, 5.74) is 3.61. The van der Waals surface area contributed by atoms with Crippen LogP contribution in [0, 0.1) is 6.92 Å². The molecule has 0 fully saturated rings. The molecule has 0 aliphatic carbocycles. The molecule has 0 bridgehead atoms. The highest BCUT2D eigenvalue weighted by Gasteiger charge is 2.14. The van der Waals surface area contributed by atoms with E-state index in [9.17, 15) is 4.79 Å². The molecule has 0 radical (unpaired) electrons. The molecule has 0 aliphatic heterocycles. The number of carbonyl (C=O) groups excluding carboxylic acids is 1. The first-order valence-corrected chi connectivity index (χ1v) is 8.24. The lowest BCUT2D eigenvalue weighted by Crippen LogP contribution is -1.96. The predicted molar refractivity (Wildman–Crippen MR) is 102 cm³/mol. The van der Waals surface area contributed by atoms with Gasteiger partial charge < -0.3 is 0 Å². The van der Waals surface area contributed by atoms with Gasteiger partial charge in [-0.3, -0.25) is 4.79 Å². The molecule has 4 rings (SSSR count). The van der Waals surface area contributed by atoms with E-state index >= 15 is 0 Å². The summed E-state index contributed by atoms with van der Waals surface area (Å²) in [4.78, 5) is 12.0. The summed E-state index contributed by atoms with van der Waals surface area (Å²) in [6, 6.07) is 24.5. The smallest absolute Gasteiger partial charge is 0.253 e. The number of rotatable bonds is 2. The monoisotopic (exact) mass is 330 g/mol. The maximum atomic E-state index is 12.0. The van der Waals surface area contributed by atoms with Gasteiger partial charge in [0.05, 0.1) is 0 Å². The summed E-state index contributed by atoms with van der Waals surface area (Å²) < 4.78 is 0. The fourth-order valence-electron chi connectivity index (χ4n) is 3.27. The number of aryl methyl sites for hydroxylation is 1. The standard InChI is InChI=1S/C22H15ClO/c1-14-10-15-6-2-3-7-16(15)11-19(14)20-12-17-8-4-5-9-18(17)13-21(20)22(23)24/h2-13H,1H3. The Balaban J connectivity index is 2.06. The summed E-state index contributed by atoms with van der Waals surface area (Å²) in [6.45, 7) is 2.07. The number of hydrogen-bond donors (Lipinski definition) is 0. The Morgan fingerprint density at radius 3 is 1.71 bits per heavy atom. The summed E-state index contributed by atoms with van der Waals surface area (Å²) in [6.07, 6.45) is 0. The number of benzene rings is 4. The summed E-state index contributed by atoms with van der Waals surface area (Å²) in [7, 11) is 0. The van der Waals surface area contributed by atoms with Crippen LogP contribution in [0.1, 0.15) is 15.9 Å². The highest BCUT2D eigenvalue weighted by atomic mass is 35.5. The first kappa shape index (κ1) is 14.9. The second-order valence-electron chi connectivity index (χ2n) is 6.03. The zero-order chi connectivity index (χ0) is 16.7. The van der Waals surface area contributed by atoms with Gasteiger partial charge >= 0.3 is 0 Å². The van der Waals surface area contributed by atoms with Gasteiger partial charge in [0.25, 0.3) is 5.24 Å². The minimum atomic E-state index is -0.427. The van der Waals surface area contributed by atoms with Gasteiger partial charge in [-0.05, 0) is 75.0 Å². The average molecular weight is 331 g/mol. The van der Waals surface area contributed by atoms with Gasteiger partial charge in [-0.25, -0.2) is 0 Å². The van der Waals surface area contributed by atoms with Crippen molar-refractivity contribution in [3.63, 3.8) is 0 Å².